The summed E-state index contributed by atoms with van der Waals surface area (Å²) in [6.45, 7) is 4.61. The van der Waals surface area contributed by atoms with Gasteiger partial charge in [0.05, 0.1) is 30.4 Å². The van der Waals surface area contributed by atoms with Gasteiger partial charge in [-0.3, -0.25) is 19.2 Å². The van der Waals surface area contributed by atoms with E-state index >= 15 is 0 Å². The molecule has 2 aromatic carbocycles. The fraction of sp³-hybridized carbons (Fsp3) is 0.484. The first-order valence-corrected chi connectivity index (χ1v) is 14.1. The number of carbonyl (C=O) groups excluding carboxylic acids is 4. The highest BCUT2D eigenvalue weighted by atomic mass is 16.5. The summed E-state index contributed by atoms with van der Waals surface area (Å²) >= 11 is 0. The van der Waals surface area contributed by atoms with Gasteiger partial charge in [-0.1, -0.05) is 42.5 Å². The molecular formula is C31H40N4O6. The van der Waals surface area contributed by atoms with Gasteiger partial charge in [-0.05, 0) is 44.4 Å². The molecule has 0 unspecified atom stereocenters. The topological polar surface area (TPSA) is 108 Å². The molecule has 2 aliphatic heterocycles. The second kappa shape index (κ2) is 13.6. The molecule has 0 saturated carbocycles. The van der Waals surface area contributed by atoms with Gasteiger partial charge in [0.2, 0.25) is 17.7 Å². The Morgan fingerprint density at radius 2 is 1.59 bits per heavy atom. The molecule has 220 valence electrons. The van der Waals surface area contributed by atoms with Crippen LogP contribution in [0.5, 0.6) is 5.75 Å². The van der Waals surface area contributed by atoms with Crippen LogP contribution >= 0.6 is 0 Å². The van der Waals surface area contributed by atoms with Crippen LogP contribution in [0.3, 0.4) is 0 Å². The third-order valence-electron chi connectivity index (χ3n) is 7.60. The Hall–Kier alpha value is -3.92. The molecule has 4 amide bonds. The predicted molar refractivity (Wildman–Crippen MR) is 153 cm³/mol. The summed E-state index contributed by atoms with van der Waals surface area (Å²) < 4.78 is 12.0. The number of para-hydroxylation sites is 1. The van der Waals surface area contributed by atoms with Gasteiger partial charge in [-0.15, -0.1) is 0 Å². The number of fused-ring (bicyclic) bond motifs is 1. The summed E-state index contributed by atoms with van der Waals surface area (Å²) in [5.74, 6) is -0.891. The summed E-state index contributed by atoms with van der Waals surface area (Å²) in [5.41, 5.74) is 1.31. The zero-order chi connectivity index (χ0) is 29.5. The second-order valence-electron chi connectivity index (χ2n) is 11.0. The van der Waals surface area contributed by atoms with Gasteiger partial charge < -0.3 is 29.5 Å². The quantitative estimate of drug-likeness (QED) is 0.612. The Bertz CT molecular complexity index is 1230. The number of nitrogens with zero attached hydrogens (tertiary/aromatic N) is 3. The minimum Gasteiger partial charge on any atom is -0.491 e. The van der Waals surface area contributed by atoms with Crippen LogP contribution in [0.15, 0.2) is 54.6 Å². The second-order valence-corrected chi connectivity index (χ2v) is 11.0. The van der Waals surface area contributed by atoms with Crippen LogP contribution in [0, 0.1) is 0 Å². The molecule has 1 fully saturated rings. The number of ether oxygens (including phenoxy) is 2. The van der Waals surface area contributed by atoms with Crippen molar-refractivity contribution in [2.45, 2.75) is 57.4 Å². The standard InChI is InChI=1S/C31H40N4O6/c1-21-17-35(18-22(2)41-21)31(39)26-14-15-28(36)33(3)19-29(37)34(4)24(16-23-10-6-5-7-11-23)20-40-27-13-9-8-12-25(27)30(38)32-26/h5-13,21-22,24,26H,14-20H2,1-4H3,(H,32,38)/t21-,22+,24-,26+/m1/s1. The Labute approximate surface area is 241 Å². The van der Waals surface area contributed by atoms with Gasteiger partial charge in [0.25, 0.3) is 5.91 Å². The molecule has 2 heterocycles. The van der Waals surface area contributed by atoms with E-state index in [-0.39, 0.29) is 67.5 Å². The third-order valence-corrected chi connectivity index (χ3v) is 7.60. The average molecular weight is 565 g/mol. The summed E-state index contributed by atoms with van der Waals surface area (Å²) in [4.78, 5) is 58.2. The lowest BCUT2D eigenvalue weighted by atomic mass is 10.1. The number of morpholine rings is 1. The molecule has 0 radical (unpaired) electrons. The summed E-state index contributed by atoms with van der Waals surface area (Å²) in [6, 6.07) is 15.3. The maximum atomic E-state index is 13.6. The highest BCUT2D eigenvalue weighted by Gasteiger charge is 2.33. The van der Waals surface area contributed by atoms with Crippen LogP contribution in [-0.4, -0.2) is 103 Å². The lowest BCUT2D eigenvalue weighted by Gasteiger charge is -2.37. The smallest absolute Gasteiger partial charge is 0.255 e. The van der Waals surface area contributed by atoms with Crippen molar-refractivity contribution in [2.24, 2.45) is 0 Å². The zero-order valence-corrected chi connectivity index (χ0v) is 24.2. The van der Waals surface area contributed by atoms with Crippen LogP contribution in [0.2, 0.25) is 0 Å². The van der Waals surface area contributed by atoms with Crippen molar-refractivity contribution in [1.29, 1.82) is 0 Å². The number of benzene rings is 2. The van der Waals surface area contributed by atoms with E-state index < -0.39 is 11.9 Å². The number of rotatable bonds is 3. The van der Waals surface area contributed by atoms with Crippen LogP contribution in [0.25, 0.3) is 0 Å². The van der Waals surface area contributed by atoms with E-state index in [0.717, 1.165) is 5.56 Å². The van der Waals surface area contributed by atoms with Crippen molar-refractivity contribution in [3.05, 3.63) is 65.7 Å². The Balaban J connectivity index is 1.63. The Morgan fingerprint density at radius 3 is 2.29 bits per heavy atom. The number of likely N-dealkylation sites (N-methyl/N-ethyl adjacent to an activating group) is 2. The molecule has 1 saturated heterocycles. The molecule has 10 heteroatoms. The van der Waals surface area contributed by atoms with E-state index in [2.05, 4.69) is 5.32 Å². The van der Waals surface area contributed by atoms with E-state index in [0.29, 0.717) is 25.3 Å². The lowest BCUT2D eigenvalue weighted by Crippen LogP contribution is -2.55. The summed E-state index contributed by atoms with van der Waals surface area (Å²) in [5, 5.41) is 2.87. The molecule has 0 bridgehead atoms. The van der Waals surface area contributed by atoms with E-state index in [4.69, 9.17) is 9.47 Å². The molecule has 2 aromatic rings. The zero-order valence-electron chi connectivity index (χ0n) is 24.2. The molecule has 0 aromatic heterocycles. The number of hydrogen-bond acceptors (Lipinski definition) is 6. The molecule has 4 rings (SSSR count). The van der Waals surface area contributed by atoms with Gasteiger partial charge in [-0.2, -0.15) is 0 Å². The van der Waals surface area contributed by atoms with E-state index in [1.165, 1.54) is 4.90 Å². The third kappa shape index (κ3) is 7.85. The van der Waals surface area contributed by atoms with Gasteiger partial charge in [0.1, 0.15) is 18.4 Å². The maximum absolute atomic E-state index is 13.6. The molecule has 1 N–H and O–H groups in total. The maximum Gasteiger partial charge on any atom is 0.255 e. The average Bonchev–Trinajstić information content (AvgIpc) is 2.96. The summed E-state index contributed by atoms with van der Waals surface area (Å²) in [6.07, 6.45) is 0.328. The number of hydrogen-bond donors (Lipinski definition) is 1. The minimum absolute atomic E-state index is 0.00871. The van der Waals surface area contributed by atoms with Crippen molar-refractivity contribution in [2.75, 3.05) is 40.3 Å². The lowest BCUT2D eigenvalue weighted by molar-refractivity contribution is -0.146. The Kier molecular flexibility index (Phi) is 9.99. The highest BCUT2D eigenvalue weighted by Crippen LogP contribution is 2.21. The van der Waals surface area contributed by atoms with Crippen molar-refractivity contribution in [3.8, 4) is 5.75 Å². The first-order valence-electron chi connectivity index (χ1n) is 14.1. The van der Waals surface area contributed by atoms with Gasteiger partial charge in [0.15, 0.2) is 0 Å². The fourth-order valence-electron chi connectivity index (χ4n) is 5.30. The molecule has 0 spiro atoms. The fourth-order valence-corrected chi connectivity index (χ4v) is 5.30. The monoisotopic (exact) mass is 564 g/mol. The van der Waals surface area contributed by atoms with Gasteiger partial charge >= 0.3 is 0 Å². The molecule has 4 atom stereocenters. The first-order chi connectivity index (χ1) is 19.6. The Morgan fingerprint density at radius 1 is 0.927 bits per heavy atom. The summed E-state index contributed by atoms with van der Waals surface area (Å²) in [7, 11) is 3.28. The normalized spacial score (nSPS) is 25.0. The van der Waals surface area contributed by atoms with E-state index in [9.17, 15) is 19.2 Å². The van der Waals surface area contributed by atoms with E-state index in [1.54, 1.807) is 48.2 Å². The highest BCUT2D eigenvalue weighted by molar-refractivity contribution is 5.99. The van der Waals surface area contributed by atoms with Crippen LogP contribution in [-0.2, 0) is 25.5 Å². The predicted octanol–water partition coefficient (Wildman–Crippen LogP) is 2.12. The van der Waals surface area contributed by atoms with Crippen molar-refractivity contribution in [1.82, 2.24) is 20.0 Å². The molecule has 0 aliphatic carbocycles. The first kappa shape index (κ1) is 30.0. The van der Waals surface area contributed by atoms with Crippen molar-refractivity contribution < 1.29 is 28.7 Å². The van der Waals surface area contributed by atoms with Crippen LogP contribution < -0.4 is 10.1 Å². The largest absolute Gasteiger partial charge is 0.491 e. The van der Waals surface area contributed by atoms with Crippen molar-refractivity contribution >= 4 is 23.6 Å². The molecule has 10 nitrogen and oxygen atoms in total. The van der Waals surface area contributed by atoms with Crippen LogP contribution in [0.1, 0.15) is 42.6 Å². The number of nitrogens with one attached hydrogen (secondary N) is 1. The van der Waals surface area contributed by atoms with Gasteiger partial charge in [0, 0.05) is 33.6 Å². The molecule has 41 heavy (non-hydrogen) atoms. The SMILES string of the molecule is C[C@@H]1CN(C(=O)[C@@H]2CCC(=O)N(C)CC(=O)N(C)[C@H](Cc3ccccc3)COc3ccccc3C(=O)N2)C[C@H](C)O1. The molecule has 2 aliphatic rings. The van der Waals surface area contributed by atoms with Gasteiger partial charge in [-0.25, -0.2) is 0 Å². The number of carbonyl (C=O) groups is 4. The molecular weight excluding hydrogens is 524 g/mol. The minimum atomic E-state index is -0.931. The van der Waals surface area contributed by atoms with Crippen LogP contribution in [0.4, 0.5) is 0 Å². The van der Waals surface area contributed by atoms with Crippen molar-refractivity contribution in [3.63, 3.8) is 0 Å². The number of amides is 4. The van der Waals surface area contributed by atoms with E-state index in [1.807, 2.05) is 44.2 Å².